The van der Waals surface area contributed by atoms with Crippen molar-refractivity contribution in [3.05, 3.63) is 27.9 Å². The maximum Gasteiger partial charge on any atom is 0.328 e. The lowest BCUT2D eigenvalue weighted by atomic mass is 10.1. The summed E-state index contributed by atoms with van der Waals surface area (Å²) in [6.07, 6.45) is 6.76. The third kappa shape index (κ3) is 3.48. The molecule has 2 rings (SSSR count). The van der Waals surface area contributed by atoms with Gasteiger partial charge in [-0.25, -0.2) is 4.79 Å². The highest BCUT2D eigenvalue weighted by atomic mass is 79.9. The Morgan fingerprint density at radius 2 is 2.13 bits per heavy atom. The number of ether oxygens (including phenoxy) is 2. The van der Waals surface area contributed by atoms with Crippen molar-refractivity contribution >= 4 is 33.9 Å². The summed E-state index contributed by atoms with van der Waals surface area (Å²) >= 11 is 3.41. The van der Waals surface area contributed by atoms with Crippen molar-refractivity contribution in [2.75, 3.05) is 20.3 Å². The minimum atomic E-state index is -0.430. The number of hydrogen-bond donors (Lipinski definition) is 1. The van der Waals surface area contributed by atoms with E-state index >= 15 is 0 Å². The van der Waals surface area contributed by atoms with Crippen molar-refractivity contribution in [2.24, 2.45) is 0 Å². The number of carbonyl (C=O) groups is 2. The smallest absolute Gasteiger partial charge is 0.328 e. The van der Waals surface area contributed by atoms with E-state index in [0.717, 1.165) is 4.90 Å². The standard InChI is InChI=1S/C16H15BrN2O4/c1-4-6-23-14-9-11(17)10(8-13(14)22-3)7-12-15(20)19(5-2)16(21)18-12/h1,7-9H,5-6H2,2-3H3,(H,18,21)/b12-7+. The van der Waals surface area contributed by atoms with Gasteiger partial charge in [0.15, 0.2) is 11.5 Å². The Hall–Kier alpha value is -2.46. The normalized spacial score (nSPS) is 15.6. The van der Waals surface area contributed by atoms with E-state index in [4.69, 9.17) is 15.9 Å². The number of rotatable bonds is 5. The lowest BCUT2D eigenvalue weighted by Crippen LogP contribution is -2.30. The monoisotopic (exact) mass is 378 g/mol. The maximum absolute atomic E-state index is 12.1. The Morgan fingerprint density at radius 1 is 1.39 bits per heavy atom. The third-order valence-corrected chi connectivity index (χ3v) is 3.86. The average Bonchev–Trinajstić information content (AvgIpc) is 2.80. The maximum atomic E-state index is 12.1. The topological polar surface area (TPSA) is 67.9 Å². The van der Waals surface area contributed by atoms with Gasteiger partial charge in [-0.15, -0.1) is 6.42 Å². The molecule has 1 aliphatic heterocycles. The largest absolute Gasteiger partial charge is 0.493 e. The van der Waals surface area contributed by atoms with Crippen molar-refractivity contribution in [2.45, 2.75) is 6.92 Å². The van der Waals surface area contributed by atoms with Crippen LogP contribution in [0.2, 0.25) is 0 Å². The zero-order valence-electron chi connectivity index (χ0n) is 12.7. The van der Waals surface area contributed by atoms with Crippen LogP contribution in [0.15, 0.2) is 22.3 Å². The molecule has 1 aromatic rings. The third-order valence-electron chi connectivity index (χ3n) is 3.17. The lowest BCUT2D eigenvalue weighted by Gasteiger charge is -2.11. The number of carbonyl (C=O) groups excluding carboxylic acids is 2. The summed E-state index contributed by atoms with van der Waals surface area (Å²) in [6, 6.07) is 2.96. The predicted octanol–water partition coefficient (Wildman–Crippen LogP) is 2.38. The summed E-state index contributed by atoms with van der Waals surface area (Å²) in [4.78, 5) is 24.9. The first-order valence-electron chi connectivity index (χ1n) is 6.80. The lowest BCUT2D eigenvalue weighted by molar-refractivity contribution is -0.122. The number of urea groups is 1. The molecule has 1 fully saturated rings. The van der Waals surface area contributed by atoms with Crippen LogP contribution >= 0.6 is 15.9 Å². The van der Waals surface area contributed by atoms with Gasteiger partial charge in [-0.3, -0.25) is 9.69 Å². The minimum absolute atomic E-state index is 0.114. The number of amides is 3. The summed E-state index contributed by atoms with van der Waals surface area (Å²) in [6.45, 7) is 2.16. The number of benzene rings is 1. The number of methoxy groups -OCH3 is 1. The van der Waals surface area contributed by atoms with Crippen molar-refractivity contribution in [3.63, 3.8) is 0 Å². The highest BCUT2D eigenvalue weighted by molar-refractivity contribution is 9.10. The van der Waals surface area contributed by atoms with E-state index in [1.807, 2.05) is 0 Å². The first-order valence-corrected chi connectivity index (χ1v) is 7.59. The summed E-state index contributed by atoms with van der Waals surface area (Å²) in [5, 5.41) is 2.55. The first-order chi connectivity index (χ1) is 11.0. The van der Waals surface area contributed by atoms with Crippen molar-refractivity contribution in [3.8, 4) is 23.8 Å². The molecule has 0 saturated carbocycles. The van der Waals surface area contributed by atoms with Gasteiger partial charge < -0.3 is 14.8 Å². The van der Waals surface area contributed by atoms with E-state index in [9.17, 15) is 9.59 Å². The molecule has 1 aromatic carbocycles. The van der Waals surface area contributed by atoms with Crippen LogP contribution in [0, 0.1) is 12.3 Å². The van der Waals surface area contributed by atoms with Crippen molar-refractivity contribution in [1.82, 2.24) is 10.2 Å². The molecule has 120 valence electrons. The summed E-state index contributed by atoms with van der Waals surface area (Å²) < 4.78 is 11.3. The van der Waals surface area contributed by atoms with Gasteiger partial charge in [0.05, 0.1) is 7.11 Å². The first kappa shape index (κ1) is 16.9. The molecule has 1 heterocycles. The van der Waals surface area contributed by atoms with Crippen LogP contribution in [0.3, 0.4) is 0 Å². The number of nitrogens with zero attached hydrogens (tertiary/aromatic N) is 1. The van der Waals surface area contributed by atoms with Crippen LogP contribution in [0.4, 0.5) is 4.79 Å². The SMILES string of the molecule is C#CCOc1cc(Br)c(/C=C2/NC(=O)N(CC)C2=O)cc1OC. The van der Waals surface area contributed by atoms with Crippen molar-refractivity contribution in [1.29, 1.82) is 0 Å². The Morgan fingerprint density at radius 3 is 2.70 bits per heavy atom. The molecule has 0 radical (unpaired) electrons. The number of terminal acetylenes is 1. The molecule has 0 bridgehead atoms. The van der Waals surface area contributed by atoms with E-state index in [-0.39, 0.29) is 18.2 Å². The summed E-state index contributed by atoms with van der Waals surface area (Å²) in [5.41, 5.74) is 0.869. The number of halogens is 1. The molecular weight excluding hydrogens is 364 g/mol. The molecule has 0 atom stereocenters. The molecule has 1 aliphatic rings. The molecule has 0 aliphatic carbocycles. The highest BCUT2D eigenvalue weighted by Gasteiger charge is 2.32. The molecular formula is C16H15BrN2O4. The number of imide groups is 1. The number of hydrogen-bond acceptors (Lipinski definition) is 4. The molecule has 1 N–H and O–H groups in total. The van der Waals surface area contributed by atoms with E-state index in [1.54, 1.807) is 25.1 Å². The molecule has 3 amide bonds. The number of nitrogens with one attached hydrogen (secondary N) is 1. The molecule has 1 saturated heterocycles. The van der Waals surface area contributed by atoms with Gasteiger partial charge in [-0.1, -0.05) is 21.9 Å². The zero-order valence-corrected chi connectivity index (χ0v) is 14.3. The van der Waals surface area contributed by atoms with Gasteiger partial charge in [0.1, 0.15) is 12.3 Å². The van der Waals surface area contributed by atoms with E-state index < -0.39 is 6.03 Å². The van der Waals surface area contributed by atoms with E-state index in [1.165, 1.54) is 7.11 Å². The Kier molecular flexibility index (Phi) is 5.29. The Bertz CT molecular complexity index is 722. The average molecular weight is 379 g/mol. The highest BCUT2D eigenvalue weighted by Crippen LogP contribution is 2.34. The van der Waals surface area contributed by atoms with Crippen LogP contribution in [0.25, 0.3) is 6.08 Å². The molecule has 7 heteroatoms. The van der Waals surface area contributed by atoms with Crippen LogP contribution in [0.1, 0.15) is 12.5 Å². The predicted molar refractivity (Wildman–Crippen MR) is 88.9 cm³/mol. The molecule has 6 nitrogen and oxygen atoms in total. The molecule has 23 heavy (non-hydrogen) atoms. The fourth-order valence-corrected chi connectivity index (χ4v) is 2.50. The quantitative estimate of drug-likeness (QED) is 0.485. The second-order valence-electron chi connectivity index (χ2n) is 4.55. The van der Waals surface area contributed by atoms with Crippen LogP contribution < -0.4 is 14.8 Å². The van der Waals surface area contributed by atoms with Crippen LogP contribution in [0.5, 0.6) is 11.5 Å². The van der Waals surface area contributed by atoms with E-state index in [0.29, 0.717) is 28.1 Å². The van der Waals surface area contributed by atoms with Gasteiger partial charge in [-0.2, -0.15) is 0 Å². The Balaban J connectivity index is 2.37. The van der Waals surface area contributed by atoms with Gasteiger partial charge in [0.25, 0.3) is 5.91 Å². The fraction of sp³-hybridized carbons (Fsp3) is 0.250. The summed E-state index contributed by atoms with van der Waals surface area (Å²) in [7, 11) is 1.50. The van der Waals surface area contributed by atoms with Crippen molar-refractivity contribution < 1.29 is 19.1 Å². The molecule has 0 spiro atoms. The molecule has 0 unspecified atom stereocenters. The Labute approximate surface area is 142 Å². The van der Waals surface area contributed by atoms with Gasteiger partial charge >= 0.3 is 6.03 Å². The van der Waals surface area contributed by atoms with Crippen LogP contribution in [-0.4, -0.2) is 37.1 Å². The zero-order chi connectivity index (χ0) is 17.0. The minimum Gasteiger partial charge on any atom is -0.493 e. The van der Waals surface area contributed by atoms with Gasteiger partial charge in [0.2, 0.25) is 0 Å². The number of likely N-dealkylation sites (N-methyl/N-ethyl adjacent to an activating group) is 1. The second-order valence-corrected chi connectivity index (χ2v) is 5.41. The van der Waals surface area contributed by atoms with Crippen LogP contribution in [-0.2, 0) is 4.79 Å². The molecule has 0 aromatic heterocycles. The van der Waals surface area contributed by atoms with Gasteiger partial charge in [-0.05, 0) is 30.7 Å². The fourth-order valence-electron chi connectivity index (χ4n) is 2.07. The van der Waals surface area contributed by atoms with Gasteiger partial charge in [0, 0.05) is 11.0 Å². The van der Waals surface area contributed by atoms with E-state index in [2.05, 4.69) is 27.2 Å². The second kappa shape index (κ2) is 7.20. The summed E-state index contributed by atoms with van der Waals surface area (Å²) in [5.74, 6) is 2.97.